The topological polar surface area (TPSA) is 112 Å². The number of nitrogens with one attached hydrogen (secondary N) is 1. The lowest BCUT2D eigenvalue weighted by molar-refractivity contribution is -0.384. The smallest absolute Gasteiger partial charge is 0.270 e. The van der Waals surface area contributed by atoms with Crippen molar-refractivity contribution in [3.8, 4) is 0 Å². The molecule has 2 rings (SSSR count). The quantitative estimate of drug-likeness (QED) is 0.679. The fourth-order valence-electron chi connectivity index (χ4n) is 1.89. The Morgan fingerprint density at radius 1 is 1.09 bits per heavy atom. The SMILES string of the molecule is Cc1cc(C(=O)[O-])ccc1NC(=O)c1cccc([N+](=O)[O-])c1. The summed E-state index contributed by atoms with van der Waals surface area (Å²) in [6, 6.07) is 9.45. The largest absolute Gasteiger partial charge is 0.545 e. The van der Waals surface area contributed by atoms with Crippen LogP contribution in [0.25, 0.3) is 0 Å². The van der Waals surface area contributed by atoms with Crippen LogP contribution >= 0.6 is 0 Å². The van der Waals surface area contributed by atoms with E-state index in [2.05, 4.69) is 5.32 Å². The van der Waals surface area contributed by atoms with Crippen molar-refractivity contribution in [3.63, 3.8) is 0 Å². The van der Waals surface area contributed by atoms with Crippen LogP contribution in [-0.4, -0.2) is 16.8 Å². The summed E-state index contributed by atoms with van der Waals surface area (Å²) in [4.78, 5) is 33.0. The Bertz CT molecular complexity index is 770. The van der Waals surface area contributed by atoms with Crippen molar-refractivity contribution in [2.24, 2.45) is 0 Å². The van der Waals surface area contributed by atoms with Crippen LogP contribution in [0.3, 0.4) is 0 Å². The molecule has 0 bridgehead atoms. The van der Waals surface area contributed by atoms with Crippen LogP contribution in [0, 0.1) is 17.0 Å². The molecule has 22 heavy (non-hydrogen) atoms. The molecule has 0 saturated heterocycles. The van der Waals surface area contributed by atoms with Crippen molar-refractivity contribution in [2.75, 3.05) is 5.32 Å². The van der Waals surface area contributed by atoms with Gasteiger partial charge in [0.2, 0.25) is 0 Å². The third-order valence-electron chi connectivity index (χ3n) is 3.03. The maximum Gasteiger partial charge on any atom is 0.270 e. The van der Waals surface area contributed by atoms with Crippen molar-refractivity contribution in [1.29, 1.82) is 0 Å². The highest BCUT2D eigenvalue weighted by Gasteiger charge is 2.12. The first-order valence-corrected chi connectivity index (χ1v) is 6.26. The second-order valence-corrected chi connectivity index (χ2v) is 4.58. The highest BCUT2D eigenvalue weighted by molar-refractivity contribution is 6.05. The summed E-state index contributed by atoms with van der Waals surface area (Å²) in [5.74, 6) is -1.83. The average Bonchev–Trinajstić information content (AvgIpc) is 2.49. The number of carbonyl (C=O) groups is 2. The lowest BCUT2D eigenvalue weighted by Gasteiger charge is -2.10. The number of hydrogen-bond donors (Lipinski definition) is 1. The fourth-order valence-corrected chi connectivity index (χ4v) is 1.89. The van der Waals surface area contributed by atoms with Crippen LogP contribution in [0.5, 0.6) is 0 Å². The number of benzene rings is 2. The van der Waals surface area contributed by atoms with Crippen LogP contribution < -0.4 is 10.4 Å². The first kappa shape index (κ1) is 15.2. The first-order valence-electron chi connectivity index (χ1n) is 6.26. The van der Waals surface area contributed by atoms with E-state index < -0.39 is 16.8 Å². The Morgan fingerprint density at radius 3 is 2.41 bits per heavy atom. The number of non-ortho nitro benzene ring substituents is 1. The first-order chi connectivity index (χ1) is 10.4. The molecule has 0 unspecified atom stereocenters. The van der Waals surface area contributed by atoms with Gasteiger partial charge >= 0.3 is 0 Å². The van der Waals surface area contributed by atoms with Gasteiger partial charge in [-0.3, -0.25) is 14.9 Å². The number of carboxylic acid groups (broad SMARTS) is 1. The number of hydrogen-bond acceptors (Lipinski definition) is 5. The van der Waals surface area contributed by atoms with Gasteiger partial charge in [0.1, 0.15) is 0 Å². The molecule has 0 radical (unpaired) electrons. The zero-order valence-corrected chi connectivity index (χ0v) is 11.5. The average molecular weight is 299 g/mol. The summed E-state index contributed by atoms with van der Waals surface area (Å²) in [5, 5.41) is 24.0. The Hall–Kier alpha value is -3.22. The lowest BCUT2D eigenvalue weighted by Crippen LogP contribution is -2.22. The van der Waals surface area contributed by atoms with E-state index in [1.807, 2.05) is 0 Å². The molecule has 0 aliphatic rings. The van der Waals surface area contributed by atoms with Gasteiger partial charge in [-0.2, -0.15) is 0 Å². The van der Waals surface area contributed by atoms with E-state index in [0.717, 1.165) is 0 Å². The van der Waals surface area contributed by atoms with E-state index in [0.29, 0.717) is 11.3 Å². The zero-order valence-electron chi connectivity index (χ0n) is 11.5. The number of aryl methyl sites for hydroxylation is 1. The van der Waals surface area contributed by atoms with E-state index in [1.165, 1.54) is 42.5 Å². The van der Waals surface area contributed by atoms with Crippen molar-refractivity contribution < 1.29 is 19.6 Å². The van der Waals surface area contributed by atoms with E-state index in [9.17, 15) is 24.8 Å². The van der Waals surface area contributed by atoms with Crippen molar-refractivity contribution in [1.82, 2.24) is 0 Å². The molecule has 1 amide bonds. The molecular weight excluding hydrogens is 288 g/mol. The number of carboxylic acids is 1. The molecule has 1 N–H and O–H groups in total. The number of aromatic carboxylic acids is 1. The highest BCUT2D eigenvalue weighted by Crippen LogP contribution is 2.19. The van der Waals surface area contributed by atoms with Crippen molar-refractivity contribution >= 4 is 23.3 Å². The van der Waals surface area contributed by atoms with E-state index in [1.54, 1.807) is 6.92 Å². The minimum Gasteiger partial charge on any atom is -0.545 e. The molecule has 0 heterocycles. The van der Waals surface area contributed by atoms with Gasteiger partial charge in [-0.05, 0) is 36.2 Å². The molecule has 0 aromatic heterocycles. The summed E-state index contributed by atoms with van der Waals surface area (Å²) < 4.78 is 0. The van der Waals surface area contributed by atoms with Crippen LogP contribution in [0.4, 0.5) is 11.4 Å². The third-order valence-corrected chi connectivity index (χ3v) is 3.03. The molecule has 7 nitrogen and oxygen atoms in total. The maximum atomic E-state index is 12.1. The summed E-state index contributed by atoms with van der Waals surface area (Å²) in [5.41, 5.74) is 0.919. The van der Waals surface area contributed by atoms with Crippen LogP contribution in [0.1, 0.15) is 26.3 Å². The molecule has 2 aromatic rings. The Labute approximate surface area is 125 Å². The lowest BCUT2D eigenvalue weighted by atomic mass is 10.1. The Kier molecular flexibility index (Phi) is 4.17. The maximum absolute atomic E-state index is 12.1. The summed E-state index contributed by atoms with van der Waals surface area (Å²) in [6.07, 6.45) is 0. The predicted molar refractivity (Wildman–Crippen MR) is 76.6 cm³/mol. The van der Waals surface area contributed by atoms with Crippen LogP contribution in [-0.2, 0) is 0 Å². The second-order valence-electron chi connectivity index (χ2n) is 4.58. The van der Waals surface area contributed by atoms with Gasteiger partial charge in [0.05, 0.1) is 10.9 Å². The Balaban J connectivity index is 2.24. The van der Waals surface area contributed by atoms with Crippen molar-refractivity contribution in [3.05, 3.63) is 69.3 Å². The molecule has 0 spiro atoms. The molecule has 7 heteroatoms. The highest BCUT2D eigenvalue weighted by atomic mass is 16.6. The van der Waals surface area contributed by atoms with Crippen LogP contribution in [0.15, 0.2) is 42.5 Å². The number of carbonyl (C=O) groups excluding carboxylic acids is 2. The molecule has 0 aliphatic heterocycles. The number of nitro benzene ring substituents is 1. The number of rotatable bonds is 4. The van der Waals surface area contributed by atoms with Gasteiger partial charge in [0.15, 0.2) is 0 Å². The molecule has 0 aliphatic carbocycles. The minimum absolute atomic E-state index is 0.00541. The number of nitro groups is 1. The molecule has 0 saturated carbocycles. The van der Waals surface area contributed by atoms with Gasteiger partial charge in [-0.1, -0.05) is 12.1 Å². The third kappa shape index (κ3) is 3.26. The summed E-state index contributed by atoms with van der Waals surface area (Å²) >= 11 is 0. The molecular formula is C15H11N2O5-. The van der Waals surface area contributed by atoms with Gasteiger partial charge in [0.25, 0.3) is 11.6 Å². The van der Waals surface area contributed by atoms with E-state index >= 15 is 0 Å². The zero-order chi connectivity index (χ0) is 16.3. The van der Waals surface area contributed by atoms with Crippen molar-refractivity contribution in [2.45, 2.75) is 6.92 Å². The van der Waals surface area contributed by atoms with Gasteiger partial charge < -0.3 is 15.2 Å². The van der Waals surface area contributed by atoms with Gasteiger partial charge in [0, 0.05) is 23.4 Å². The number of anilines is 1. The Morgan fingerprint density at radius 2 is 1.82 bits per heavy atom. The molecule has 112 valence electrons. The molecule has 0 fully saturated rings. The molecule has 2 aromatic carbocycles. The summed E-state index contributed by atoms with van der Waals surface area (Å²) in [7, 11) is 0. The molecule has 0 atom stereocenters. The predicted octanol–water partition coefficient (Wildman–Crippen LogP) is 1.52. The van der Waals surface area contributed by atoms with E-state index in [4.69, 9.17) is 0 Å². The minimum atomic E-state index is -1.31. The fraction of sp³-hybridized carbons (Fsp3) is 0.0667. The second kappa shape index (κ2) is 6.04. The van der Waals surface area contributed by atoms with Gasteiger partial charge in [-0.25, -0.2) is 0 Å². The standard InChI is InChI=1S/C15H12N2O5/c1-9-7-11(15(19)20)5-6-13(9)16-14(18)10-3-2-4-12(8-10)17(21)22/h2-8H,1H3,(H,16,18)(H,19,20)/p-1. The normalized spacial score (nSPS) is 10.0. The van der Waals surface area contributed by atoms with E-state index in [-0.39, 0.29) is 16.8 Å². The van der Waals surface area contributed by atoms with Gasteiger partial charge in [-0.15, -0.1) is 0 Å². The number of nitrogens with zero attached hydrogens (tertiary/aromatic N) is 1. The van der Waals surface area contributed by atoms with Crippen LogP contribution in [0.2, 0.25) is 0 Å². The monoisotopic (exact) mass is 299 g/mol. The summed E-state index contributed by atoms with van der Waals surface area (Å²) in [6.45, 7) is 1.63. The number of amides is 1.